The fraction of sp³-hybridized carbons (Fsp3) is 0.385. The summed E-state index contributed by atoms with van der Waals surface area (Å²) < 4.78 is 50.2. The summed E-state index contributed by atoms with van der Waals surface area (Å²) in [6.07, 6.45) is 4.03. The minimum absolute atomic E-state index is 0.0249. The number of sulfone groups is 1. The Hall–Kier alpha value is -3.08. The van der Waals surface area contributed by atoms with E-state index >= 15 is 0 Å². The van der Waals surface area contributed by atoms with Crippen molar-refractivity contribution in [2.75, 3.05) is 24.8 Å². The smallest absolute Gasteiger partial charge is 0.221 e. The highest BCUT2D eigenvalue weighted by molar-refractivity contribution is 7.90. The van der Waals surface area contributed by atoms with Crippen molar-refractivity contribution in [2.24, 2.45) is 0 Å². The van der Waals surface area contributed by atoms with Crippen LogP contribution in [0, 0.1) is 12.7 Å². The van der Waals surface area contributed by atoms with Crippen molar-refractivity contribution < 1.29 is 22.3 Å². The summed E-state index contributed by atoms with van der Waals surface area (Å²) in [7, 11) is -3.50. The number of nitrogens with one attached hydrogen (secondary N) is 1. The van der Waals surface area contributed by atoms with Crippen LogP contribution in [-0.4, -0.2) is 60.9 Å². The Kier molecular flexibility index (Phi) is 6.92. The van der Waals surface area contributed by atoms with E-state index in [-0.39, 0.29) is 28.8 Å². The number of piperidine rings is 1. The Morgan fingerprint density at radius 1 is 1.11 bits per heavy atom. The molecule has 8 nitrogen and oxygen atoms in total. The molecule has 36 heavy (non-hydrogen) atoms. The van der Waals surface area contributed by atoms with Crippen molar-refractivity contribution in [1.29, 1.82) is 0 Å². The third-order valence-electron chi connectivity index (χ3n) is 6.77. The Morgan fingerprint density at radius 2 is 1.83 bits per heavy atom. The average Bonchev–Trinajstić information content (AvgIpc) is 2.83. The van der Waals surface area contributed by atoms with Gasteiger partial charge in [-0.15, -0.1) is 0 Å². The average molecular weight is 513 g/mol. The molecule has 0 saturated carbocycles. The predicted molar refractivity (Wildman–Crippen MR) is 134 cm³/mol. The number of hydrogen-bond acceptors (Lipinski definition) is 8. The molecule has 3 aromatic rings. The Balaban J connectivity index is 1.29. The van der Waals surface area contributed by atoms with Crippen LogP contribution in [0.15, 0.2) is 59.8 Å². The zero-order chi connectivity index (χ0) is 25.3. The summed E-state index contributed by atoms with van der Waals surface area (Å²) in [6.45, 7) is 4.04. The summed E-state index contributed by atoms with van der Waals surface area (Å²) in [6, 6.07) is 14.7. The predicted octanol–water partition coefficient (Wildman–Crippen LogP) is 3.88. The molecule has 3 atom stereocenters. The fourth-order valence-electron chi connectivity index (χ4n) is 4.88. The minimum atomic E-state index is -3.50. The highest BCUT2D eigenvalue weighted by Crippen LogP contribution is 2.33. The largest absolute Gasteiger partial charge is 0.474 e. The van der Waals surface area contributed by atoms with Gasteiger partial charge in [0, 0.05) is 37.7 Å². The lowest BCUT2D eigenvalue weighted by Crippen LogP contribution is -2.58. The highest BCUT2D eigenvalue weighted by Gasteiger charge is 2.40. The molecule has 0 amide bonds. The molecule has 0 radical (unpaired) electrons. The molecule has 2 saturated heterocycles. The van der Waals surface area contributed by atoms with Gasteiger partial charge in [0.25, 0.3) is 0 Å². The molecule has 2 aliphatic rings. The monoisotopic (exact) mass is 512 g/mol. The SMILES string of the molecule is Cc1c(Nc2ccc(S(C)(=O)=O)cc2F)ncnc1O[C@@H]1CC2COC[C@@H](C1)N2Cc1ccccc1. The van der Waals surface area contributed by atoms with E-state index in [9.17, 15) is 12.8 Å². The fourth-order valence-corrected chi connectivity index (χ4v) is 5.51. The van der Waals surface area contributed by atoms with Gasteiger partial charge in [-0.2, -0.15) is 0 Å². The maximum absolute atomic E-state index is 14.6. The van der Waals surface area contributed by atoms with Crippen molar-refractivity contribution in [3.63, 3.8) is 0 Å². The van der Waals surface area contributed by atoms with E-state index in [1.807, 2.05) is 13.0 Å². The number of fused-ring (bicyclic) bond motifs is 2. The van der Waals surface area contributed by atoms with Gasteiger partial charge in [0.2, 0.25) is 5.88 Å². The molecule has 1 aromatic heterocycles. The van der Waals surface area contributed by atoms with Crippen LogP contribution < -0.4 is 10.1 Å². The van der Waals surface area contributed by atoms with Crippen LogP contribution >= 0.6 is 0 Å². The van der Waals surface area contributed by atoms with Gasteiger partial charge in [-0.1, -0.05) is 30.3 Å². The third kappa shape index (κ3) is 5.35. The van der Waals surface area contributed by atoms with Crippen LogP contribution in [0.3, 0.4) is 0 Å². The molecule has 0 spiro atoms. The minimum Gasteiger partial charge on any atom is -0.474 e. The van der Waals surface area contributed by atoms with Crippen LogP contribution in [0.2, 0.25) is 0 Å². The first kappa shape index (κ1) is 24.6. The van der Waals surface area contributed by atoms with E-state index in [4.69, 9.17) is 9.47 Å². The summed E-state index contributed by atoms with van der Waals surface area (Å²) in [5.74, 6) is 0.161. The normalized spacial score (nSPS) is 22.2. The zero-order valence-electron chi connectivity index (χ0n) is 20.2. The number of aromatic nitrogens is 2. The van der Waals surface area contributed by atoms with E-state index in [0.717, 1.165) is 31.7 Å². The molecule has 2 bridgehead atoms. The first-order valence-electron chi connectivity index (χ1n) is 11.9. The Morgan fingerprint density at radius 3 is 2.50 bits per heavy atom. The first-order valence-corrected chi connectivity index (χ1v) is 13.8. The quantitative estimate of drug-likeness (QED) is 0.510. The van der Waals surface area contributed by atoms with E-state index in [1.165, 1.54) is 24.0 Å². The summed E-state index contributed by atoms with van der Waals surface area (Å²) >= 11 is 0. The molecule has 10 heteroatoms. The maximum Gasteiger partial charge on any atom is 0.221 e. The van der Waals surface area contributed by atoms with E-state index in [0.29, 0.717) is 30.5 Å². The molecule has 2 aliphatic heterocycles. The lowest BCUT2D eigenvalue weighted by Gasteiger charge is -2.48. The van der Waals surface area contributed by atoms with Crippen LogP contribution in [0.5, 0.6) is 5.88 Å². The number of morpholine rings is 1. The second kappa shape index (κ2) is 10.1. The van der Waals surface area contributed by atoms with Gasteiger partial charge in [0.15, 0.2) is 9.84 Å². The number of rotatable bonds is 7. The molecule has 190 valence electrons. The summed E-state index contributed by atoms with van der Waals surface area (Å²) in [5, 5.41) is 2.94. The first-order chi connectivity index (χ1) is 17.3. The van der Waals surface area contributed by atoms with Crippen LogP contribution in [0.25, 0.3) is 0 Å². The van der Waals surface area contributed by atoms with Gasteiger partial charge in [-0.25, -0.2) is 22.8 Å². The van der Waals surface area contributed by atoms with Gasteiger partial charge in [0.1, 0.15) is 24.1 Å². The van der Waals surface area contributed by atoms with Crippen molar-refractivity contribution in [1.82, 2.24) is 14.9 Å². The lowest BCUT2D eigenvalue weighted by molar-refractivity contribution is -0.104. The number of ether oxygens (including phenoxy) is 2. The second-order valence-electron chi connectivity index (χ2n) is 9.41. The van der Waals surface area contributed by atoms with Crippen LogP contribution in [0.4, 0.5) is 15.9 Å². The van der Waals surface area contributed by atoms with Crippen molar-refractivity contribution in [2.45, 2.75) is 49.4 Å². The highest BCUT2D eigenvalue weighted by atomic mass is 32.2. The molecule has 2 aromatic carbocycles. The Labute approximate surface area is 210 Å². The zero-order valence-corrected chi connectivity index (χ0v) is 21.0. The molecule has 2 fully saturated rings. The van der Waals surface area contributed by atoms with Gasteiger partial charge in [0.05, 0.1) is 29.4 Å². The van der Waals surface area contributed by atoms with Crippen molar-refractivity contribution >= 4 is 21.3 Å². The number of hydrogen-bond donors (Lipinski definition) is 1. The molecular weight excluding hydrogens is 483 g/mol. The number of anilines is 2. The summed E-state index contributed by atoms with van der Waals surface area (Å²) in [4.78, 5) is 11.0. The molecule has 3 heterocycles. The molecule has 1 unspecified atom stereocenters. The number of benzene rings is 2. The topological polar surface area (TPSA) is 93.7 Å². The van der Waals surface area contributed by atoms with Gasteiger partial charge in [-0.05, 0) is 30.7 Å². The van der Waals surface area contributed by atoms with Gasteiger partial charge >= 0.3 is 0 Å². The number of nitrogens with zero attached hydrogens (tertiary/aromatic N) is 3. The van der Waals surface area contributed by atoms with Crippen LogP contribution in [0.1, 0.15) is 24.0 Å². The Bertz CT molecular complexity index is 1330. The summed E-state index contributed by atoms with van der Waals surface area (Å²) in [5.41, 5.74) is 2.06. The standard InChI is InChI=1S/C26H29FN4O4S/c1-17-25(30-24-9-8-22(12-23(24)27)36(2,32)33)28-16-29-26(17)35-21-10-19-14-34-15-20(11-21)31(19)13-18-6-4-3-5-7-18/h3-9,12,16,19-21H,10-11,13-15H2,1-2H3,(H,28,29,30)/t19-,20?,21+/m1/s1. The van der Waals surface area contributed by atoms with E-state index < -0.39 is 15.7 Å². The molecule has 1 N–H and O–H groups in total. The van der Waals surface area contributed by atoms with Crippen molar-refractivity contribution in [3.05, 3.63) is 71.8 Å². The van der Waals surface area contributed by atoms with E-state index in [1.54, 1.807) is 0 Å². The van der Waals surface area contributed by atoms with Gasteiger partial charge in [-0.3, -0.25) is 4.90 Å². The second-order valence-corrected chi connectivity index (χ2v) is 11.4. The van der Waals surface area contributed by atoms with Crippen LogP contribution in [-0.2, 0) is 21.1 Å². The molecule has 5 rings (SSSR count). The van der Waals surface area contributed by atoms with E-state index in [2.05, 4.69) is 44.5 Å². The molecule has 0 aliphatic carbocycles. The van der Waals surface area contributed by atoms with Gasteiger partial charge < -0.3 is 14.8 Å². The maximum atomic E-state index is 14.6. The molecular formula is C26H29FN4O4S. The number of halogens is 1. The lowest BCUT2D eigenvalue weighted by atomic mass is 9.91. The van der Waals surface area contributed by atoms with Crippen molar-refractivity contribution in [3.8, 4) is 5.88 Å². The third-order valence-corrected chi connectivity index (χ3v) is 7.88.